The lowest BCUT2D eigenvalue weighted by molar-refractivity contribution is -0.191. The zero-order valence-electron chi connectivity index (χ0n) is 11.2. The van der Waals surface area contributed by atoms with Gasteiger partial charge in [-0.05, 0) is 13.0 Å². The van der Waals surface area contributed by atoms with Gasteiger partial charge in [-0.15, -0.1) is 0 Å². The van der Waals surface area contributed by atoms with Gasteiger partial charge in [-0.3, -0.25) is 4.79 Å². The van der Waals surface area contributed by atoms with Crippen LogP contribution in [0.3, 0.4) is 0 Å². The fraction of sp³-hybridized carbons (Fsp3) is 0.462. The molecule has 0 bridgehead atoms. The van der Waals surface area contributed by atoms with Crippen molar-refractivity contribution >= 4 is 17.4 Å². The van der Waals surface area contributed by atoms with Crippen LogP contribution in [0, 0.1) is 6.92 Å². The fourth-order valence-electron chi connectivity index (χ4n) is 2.57. The third kappa shape index (κ3) is 1.81. The average molecular weight is 286 g/mol. The molecule has 6 heteroatoms. The molecule has 0 saturated carbocycles. The lowest BCUT2D eigenvalue weighted by atomic mass is 9.90. The molecule has 19 heavy (non-hydrogen) atoms. The number of ketones is 1. The number of Topliss-reactive ketones (excluding diaryl/α,β-unsaturated/α-hetero) is 1. The van der Waals surface area contributed by atoms with Gasteiger partial charge in [0.2, 0.25) is 5.79 Å². The van der Waals surface area contributed by atoms with Crippen LogP contribution in [0.2, 0.25) is 0 Å². The van der Waals surface area contributed by atoms with Crippen molar-refractivity contribution < 1.29 is 18.7 Å². The molecule has 1 aromatic rings. The van der Waals surface area contributed by atoms with Gasteiger partial charge in [0.25, 0.3) is 0 Å². The highest BCUT2D eigenvalue weighted by Crippen LogP contribution is 2.47. The molecule has 104 valence electrons. The molecule has 0 radical (unpaired) electrons. The lowest BCUT2D eigenvalue weighted by Crippen LogP contribution is -2.44. The SMILES string of the molecule is CNC1=C(Cl)C(=O)C(c2ccoc2C)C1(OC)OC. The third-order valence-corrected chi connectivity index (χ3v) is 3.87. The maximum Gasteiger partial charge on any atom is 0.225 e. The number of methoxy groups -OCH3 is 2. The molecular weight excluding hydrogens is 270 g/mol. The zero-order chi connectivity index (χ0) is 14.2. The molecular formula is C13H16ClNO4. The summed E-state index contributed by atoms with van der Waals surface area (Å²) in [6.07, 6.45) is 1.53. The predicted octanol–water partition coefficient (Wildman–Crippen LogP) is 1.91. The molecule has 1 aromatic heterocycles. The van der Waals surface area contributed by atoms with E-state index in [2.05, 4.69) is 5.32 Å². The first-order chi connectivity index (χ1) is 9.03. The van der Waals surface area contributed by atoms with Crippen LogP contribution in [0.4, 0.5) is 0 Å². The first-order valence-corrected chi connectivity index (χ1v) is 6.17. The van der Waals surface area contributed by atoms with Crippen molar-refractivity contribution in [1.82, 2.24) is 5.32 Å². The van der Waals surface area contributed by atoms with E-state index in [0.717, 1.165) is 0 Å². The largest absolute Gasteiger partial charge is 0.469 e. The standard InChI is InChI=1S/C13H16ClNO4/c1-7-8(5-6-19-7)9-11(16)10(14)12(15-2)13(9,17-3)18-4/h5-6,9,15H,1-4H3. The molecule has 0 saturated heterocycles. The highest BCUT2D eigenvalue weighted by molar-refractivity contribution is 6.45. The number of likely N-dealkylation sites (N-methyl/N-ethyl adjacent to an activating group) is 1. The smallest absolute Gasteiger partial charge is 0.225 e. The van der Waals surface area contributed by atoms with Crippen LogP contribution in [0.5, 0.6) is 0 Å². The third-order valence-electron chi connectivity index (χ3n) is 3.49. The van der Waals surface area contributed by atoms with E-state index in [9.17, 15) is 4.79 Å². The number of carbonyl (C=O) groups is 1. The molecule has 0 aliphatic heterocycles. The van der Waals surface area contributed by atoms with Gasteiger partial charge in [-0.1, -0.05) is 11.6 Å². The van der Waals surface area contributed by atoms with E-state index in [4.69, 9.17) is 25.5 Å². The van der Waals surface area contributed by atoms with E-state index in [1.807, 2.05) is 0 Å². The summed E-state index contributed by atoms with van der Waals surface area (Å²) in [4.78, 5) is 12.4. The van der Waals surface area contributed by atoms with Crippen molar-refractivity contribution in [2.75, 3.05) is 21.3 Å². The minimum atomic E-state index is -1.25. The fourth-order valence-corrected chi connectivity index (χ4v) is 2.90. The Morgan fingerprint density at radius 2 is 2.05 bits per heavy atom. The normalized spacial score (nSPS) is 22.2. The Morgan fingerprint density at radius 1 is 1.42 bits per heavy atom. The van der Waals surface area contributed by atoms with E-state index in [1.165, 1.54) is 20.5 Å². The second-order valence-corrected chi connectivity index (χ2v) is 4.62. The monoisotopic (exact) mass is 285 g/mol. The number of hydrogen-bond acceptors (Lipinski definition) is 5. The van der Waals surface area contributed by atoms with Crippen LogP contribution in [0.1, 0.15) is 17.2 Å². The Balaban J connectivity index is 2.62. The Bertz CT molecular complexity index is 531. The van der Waals surface area contributed by atoms with E-state index >= 15 is 0 Å². The lowest BCUT2D eigenvalue weighted by Gasteiger charge is -2.33. The summed E-state index contributed by atoms with van der Waals surface area (Å²) in [6, 6.07) is 1.73. The highest BCUT2D eigenvalue weighted by Gasteiger charge is 2.56. The summed E-state index contributed by atoms with van der Waals surface area (Å²) in [5.74, 6) is -1.55. The maximum atomic E-state index is 12.4. The van der Waals surface area contributed by atoms with E-state index in [0.29, 0.717) is 17.0 Å². The summed E-state index contributed by atoms with van der Waals surface area (Å²) in [5, 5.41) is 2.99. The van der Waals surface area contributed by atoms with E-state index < -0.39 is 11.7 Å². The van der Waals surface area contributed by atoms with Gasteiger partial charge in [-0.25, -0.2) is 0 Å². The minimum Gasteiger partial charge on any atom is -0.469 e. The van der Waals surface area contributed by atoms with Crippen molar-refractivity contribution in [3.63, 3.8) is 0 Å². The molecule has 0 aromatic carbocycles. The number of nitrogens with one attached hydrogen (secondary N) is 1. The summed E-state index contributed by atoms with van der Waals surface area (Å²) in [6.45, 7) is 1.78. The van der Waals surface area contributed by atoms with Crippen molar-refractivity contribution in [2.45, 2.75) is 18.6 Å². The Labute approximate surface area is 116 Å². The van der Waals surface area contributed by atoms with Crippen LogP contribution < -0.4 is 5.32 Å². The van der Waals surface area contributed by atoms with Gasteiger partial charge in [0, 0.05) is 26.8 Å². The van der Waals surface area contributed by atoms with Crippen LogP contribution in [0.15, 0.2) is 27.5 Å². The number of aryl methyl sites for hydroxylation is 1. The van der Waals surface area contributed by atoms with Crippen LogP contribution in [0.25, 0.3) is 0 Å². The second kappa shape index (κ2) is 5.00. The molecule has 1 aliphatic carbocycles. The van der Waals surface area contributed by atoms with Crippen molar-refractivity contribution in [1.29, 1.82) is 0 Å². The number of halogens is 1. The summed E-state index contributed by atoms with van der Waals surface area (Å²) < 4.78 is 16.3. The Hall–Kier alpha value is -1.30. The van der Waals surface area contributed by atoms with Gasteiger partial charge < -0.3 is 19.2 Å². The molecule has 0 amide bonds. The quantitative estimate of drug-likeness (QED) is 0.857. The predicted molar refractivity (Wildman–Crippen MR) is 69.9 cm³/mol. The Morgan fingerprint density at radius 3 is 2.47 bits per heavy atom. The first kappa shape index (κ1) is 14.1. The molecule has 0 fully saturated rings. The van der Waals surface area contributed by atoms with E-state index in [1.54, 1.807) is 20.0 Å². The average Bonchev–Trinajstić information content (AvgIpc) is 2.91. The molecule has 5 nitrogen and oxygen atoms in total. The number of ether oxygens (including phenoxy) is 2. The zero-order valence-corrected chi connectivity index (χ0v) is 12.0. The summed E-state index contributed by atoms with van der Waals surface area (Å²) >= 11 is 6.11. The van der Waals surface area contributed by atoms with Crippen LogP contribution in [-0.2, 0) is 14.3 Å². The van der Waals surface area contributed by atoms with Crippen molar-refractivity contribution in [3.05, 3.63) is 34.4 Å². The van der Waals surface area contributed by atoms with Crippen molar-refractivity contribution in [3.8, 4) is 0 Å². The molecule has 0 spiro atoms. The number of allylic oxidation sites excluding steroid dienone is 1. The number of furan rings is 1. The summed E-state index contributed by atoms with van der Waals surface area (Å²) in [7, 11) is 4.63. The minimum absolute atomic E-state index is 0.0943. The van der Waals surface area contributed by atoms with E-state index in [-0.39, 0.29) is 10.8 Å². The van der Waals surface area contributed by atoms with Gasteiger partial charge in [0.15, 0.2) is 5.78 Å². The van der Waals surface area contributed by atoms with Crippen LogP contribution >= 0.6 is 11.6 Å². The van der Waals surface area contributed by atoms with Crippen molar-refractivity contribution in [2.24, 2.45) is 0 Å². The Kier molecular flexibility index (Phi) is 3.71. The maximum absolute atomic E-state index is 12.4. The highest BCUT2D eigenvalue weighted by atomic mass is 35.5. The molecule has 1 heterocycles. The number of hydrogen-bond donors (Lipinski definition) is 1. The topological polar surface area (TPSA) is 60.7 Å². The molecule has 1 atom stereocenters. The molecule has 2 rings (SSSR count). The van der Waals surface area contributed by atoms with Gasteiger partial charge in [-0.2, -0.15) is 0 Å². The van der Waals surface area contributed by atoms with Gasteiger partial charge >= 0.3 is 0 Å². The first-order valence-electron chi connectivity index (χ1n) is 5.80. The molecule has 1 aliphatic rings. The number of carbonyl (C=O) groups excluding carboxylic acids is 1. The van der Waals surface area contributed by atoms with Crippen LogP contribution in [-0.4, -0.2) is 32.8 Å². The van der Waals surface area contributed by atoms with Gasteiger partial charge in [0.1, 0.15) is 16.7 Å². The second-order valence-electron chi connectivity index (χ2n) is 4.24. The molecule has 1 N–H and O–H groups in total. The summed E-state index contributed by atoms with van der Waals surface area (Å²) in [5.41, 5.74) is 1.13. The molecule has 1 unspecified atom stereocenters. The number of rotatable bonds is 4. The van der Waals surface area contributed by atoms with Gasteiger partial charge in [0.05, 0.1) is 12.0 Å².